The molecule has 0 saturated heterocycles. The number of halogens is 3. The van der Waals surface area contributed by atoms with Crippen molar-refractivity contribution in [2.24, 2.45) is 5.92 Å². The molecule has 0 unspecified atom stereocenters. The fourth-order valence-corrected chi connectivity index (χ4v) is 5.11. The van der Waals surface area contributed by atoms with Crippen molar-refractivity contribution in [3.8, 4) is 17.0 Å². The molecule has 1 fully saturated rings. The number of rotatable bonds is 10. The molecular formula is C27H32F3N7O3. The monoisotopic (exact) mass is 559 g/mol. The number of alkyl halides is 3. The Hall–Kier alpha value is -3.71. The Morgan fingerprint density at radius 1 is 1.12 bits per heavy atom. The van der Waals surface area contributed by atoms with Gasteiger partial charge in [0.2, 0.25) is 0 Å². The van der Waals surface area contributed by atoms with Crippen LogP contribution in [0.3, 0.4) is 0 Å². The molecule has 5 rings (SSSR count). The van der Waals surface area contributed by atoms with Crippen molar-refractivity contribution in [2.45, 2.75) is 57.5 Å². The summed E-state index contributed by atoms with van der Waals surface area (Å²) < 4.78 is 49.6. The summed E-state index contributed by atoms with van der Waals surface area (Å²) >= 11 is 0. The highest BCUT2D eigenvalue weighted by molar-refractivity contribution is 5.93. The van der Waals surface area contributed by atoms with Crippen molar-refractivity contribution in [1.82, 2.24) is 29.5 Å². The second-order valence-corrected chi connectivity index (χ2v) is 9.99. The van der Waals surface area contributed by atoms with Crippen LogP contribution in [-0.4, -0.2) is 65.6 Å². The van der Waals surface area contributed by atoms with E-state index >= 15 is 0 Å². The number of aliphatic hydroxyl groups is 2. The molecule has 40 heavy (non-hydrogen) atoms. The molecule has 10 nitrogen and oxygen atoms in total. The fraction of sp³-hybridized carbons (Fsp3) is 0.481. The van der Waals surface area contributed by atoms with Crippen molar-refractivity contribution >= 4 is 16.7 Å². The van der Waals surface area contributed by atoms with Crippen LogP contribution in [0.1, 0.15) is 44.3 Å². The summed E-state index contributed by atoms with van der Waals surface area (Å²) in [7, 11) is 0. The summed E-state index contributed by atoms with van der Waals surface area (Å²) in [5.74, 6) is 0.163. The van der Waals surface area contributed by atoms with Gasteiger partial charge in [-0.15, -0.1) is 0 Å². The number of ether oxygens (including phenoxy) is 1. The highest BCUT2D eigenvalue weighted by Crippen LogP contribution is 2.39. The van der Waals surface area contributed by atoms with Gasteiger partial charge in [-0.25, -0.2) is 9.97 Å². The molecule has 4 aromatic rings. The number of hydrogen-bond acceptors (Lipinski definition) is 8. The zero-order valence-corrected chi connectivity index (χ0v) is 22.1. The highest BCUT2D eigenvalue weighted by Gasteiger charge is 2.37. The fourth-order valence-electron chi connectivity index (χ4n) is 5.11. The van der Waals surface area contributed by atoms with Gasteiger partial charge in [0, 0.05) is 67.8 Å². The van der Waals surface area contributed by atoms with E-state index in [0.717, 1.165) is 28.5 Å². The molecular weight excluding hydrogens is 527 g/mol. The molecule has 0 radical (unpaired) electrons. The van der Waals surface area contributed by atoms with Gasteiger partial charge in [0.05, 0.1) is 23.9 Å². The summed E-state index contributed by atoms with van der Waals surface area (Å²) in [6.07, 6.45) is 3.99. The predicted molar refractivity (Wildman–Crippen MR) is 142 cm³/mol. The van der Waals surface area contributed by atoms with Gasteiger partial charge in [-0.3, -0.25) is 9.36 Å². The number of anilines is 1. The average molecular weight is 560 g/mol. The third kappa shape index (κ3) is 5.89. The van der Waals surface area contributed by atoms with Crippen molar-refractivity contribution in [3.05, 3.63) is 48.7 Å². The molecule has 0 spiro atoms. The van der Waals surface area contributed by atoms with E-state index in [9.17, 15) is 23.4 Å². The van der Waals surface area contributed by atoms with Crippen molar-refractivity contribution < 1.29 is 28.1 Å². The third-order valence-corrected chi connectivity index (χ3v) is 7.14. The Morgan fingerprint density at radius 3 is 2.60 bits per heavy atom. The molecule has 1 saturated carbocycles. The van der Waals surface area contributed by atoms with E-state index < -0.39 is 11.9 Å². The minimum atomic E-state index is -4.58. The van der Waals surface area contributed by atoms with E-state index in [1.807, 2.05) is 23.9 Å². The van der Waals surface area contributed by atoms with Crippen molar-refractivity contribution in [2.75, 3.05) is 25.1 Å². The molecule has 0 bridgehead atoms. The zero-order chi connectivity index (χ0) is 28.3. The summed E-state index contributed by atoms with van der Waals surface area (Å²) in [5, 5.41) is 32.3. The molecule has 1 aliphatic carbocycles. The number of pyridine rings is 2. The second-order valence-electron chi connectivity index (χ2n) is 9.99. The molecule has 0 amide bonds. The highest BCUT2D eigenvalue weighted by atomic mass is 19.4. The zero-order valence-electron chi connectivity index (χ0n) is 22.1. The topological polar surface area (TPSA) is 123 Å². The normalized spacial score (nSPS) is 18.0. The first kappa shape index (κ1) is 27.8. The Morgan fingerprint density at radius 2 is 1.90 bits per heavy atom. The van der Waals surface area contributed by atoms with Crippen molar-refractivity contribution in [1.29, 1.82) is 0 Å². The van der Waals surface area contributed by atoms with Gasteiger partial charge in [-0.2, -0.15) is 23.4 Å². The van der Waals surface area contributed by atoms with Crippen LogP contribution in [0.2, 0.25) is 0 Å². The number of nitrogens with one attached hydrogen (secondary N) is 1. The van der Waals surface area contributed by atoms with Gasteiger partial charge in [0.15, 0.2) is 11.4 Å². The van der Waals surface area contributed by atoms with Gasteiger partial charge in [-0.1, -0.05) is 0 Å². The van der Waals surface area contributed by atoms with E-state index in [2.05, 4.69) is 20.4 Å². The largest absolute Gasteiger partial charge is 0.488 e. The number of fused-ring (bicyclic) bond motifs is 1. The average Bonchev–Trinajstić information content (AvgIpc) is 3.56. The first-order chi connectivity index (χ1) is 19.3. The summed E-state index contributed by atoms with van der Waals surface area (Å²) in [4.78, 5) is 8.02. The molecule has 13 heteroatoms. The summed E-state index contributed by atoms with van der Waals surface area (Å²) in [6, 6.07) is 4.74. The standard InChI is InChI=1S/C27H32F3N7O3/c1-2-31-24-10-22-21(12-33-24)25(18-11-34-36(14-18)13-17(15-38)16-39)35-37(22)19-5-7-20(8-6-19)40-23-4-3-9-32-26(23)27(28,29)30/h3-4,9-12,14,17,19-20,38-39H,2,5-8,13,15-16H2,1H3,(H,31,33)/t19-,20+. The molecule has 4 aromatic heterocycles. The van der Waals surface area contributed by atoms with Crippen LogP contribution >= 0.6 is 0 Å². The Labute approximate surface area is 228 Å². The molecule has 1 aliphatic rings. The van der Waals surface area contributed by atoms with Crippen LogP contribution in [0.4, 0.5) is 19.0 Å². The third-order valence-electron chi connectivity index (χ3n) is 7.14. The van der Waals surface area contributed by atoms with Crippen LogP contribution in [0.15, 0.2) is 43.0 Å². The minimum Gasteiger partial charge on any atom is -0.488 e. The van der Waals surface area contributed by atoms with E-state index in [-0.39, 0.29) is 37.0 Å². The van der Waals surface area contributed by atoms with Crippen molar-refractivity contribution in [3.63, 3.8) is 0 Å². The number of aliphatic hydroxyl groups excluding tert-OH is 2. The summed E-state index contributed by atoms with van der Waals surface area (Å²) in [5.41, 5.74) is 1.39. The number of nitrogens with zero attached hydrogens (tertiary/aromatic N) is 6. The molecule has 0 aromatic carbocycles. The lowest BCUT2D eigenvalue weighted by molar-refractivity contribution is -0.143. The Bertz CT molecular complexity index is 1430. The Kier molecular flexibility index (Phi) is 8.22. The van der Waals surface area contributed by atoms with Crippen LogP contribution in [0.25, 0.3) is 22.2 Å². The van der Waals surface area contributed by atoms with E-state index in [4.69, 9.17) is 9.84 Å². The molecule has 0 aliphatic heterocycles. The SMILES string of the molecule is CCNc1cc2c(cn1)c(-c1cnn(CC(CO)CO)c1)nn2[C@H]1CC[C@@H](Oc2cccnc2C(F)(F)F)CC1. The molecule has 3 N–H and O–H groups in total. The predicted octanol–water partition coefficient (Wildman–Crippen LogP) is 4.30. The lowest BCUT2D eigenvalue weighted by Crippen LogP contribution is -2.27. The van der Waals surface area contributed by atoms with E-state index in [0.29, 0.717) is 44.5 Å². The first-order valence-corrected chi connectivity index (χ1v) is 13.4. The first-order valence-electron chi connectivity index (χ1n) is 13.4. The molecule has 0 atom stereocenters. The van der Waals surface area contributed by atoms with Crippen LogP contribution < -0.4 is 10.1 Å². The maximum atomic E-state index is 13.4. The maximum Gasteiger partial charge on any atom is 0.437 e. The Balaban J connectivity index is 1.39. The van der Waals surface area contributed by atoms with Crippen LogP contribution in [0.5, 0.6) is 5.75 Å². The van der Waals surface area contributed by atoms with E-state index in [1.54, 1.807) is 17.1 Å². The minimum absolute atomic E-state index is 0.0205. The maximum absolute atomic E-state index is 13.4. The van der Waals surface area contributed by atoms with Crippen LogP contribution in [-0.2, 0) is 12.7 Å². The smallest absolute Gasteiger partial charge is 0.437 e. The van der Waals surface area contributed by atoms with Gasteiger partial charge in [0.1, 0.15) is 11.5 Å². The number of hydrogen-bond donors (Lipinski definition) is 3. The lowest BCUT2D eigenvalue weighted by atomic mass is 9.93. The molecule has 4 heterocycles. The number of aromatic nitrogens is 6. The van der Waals surface area contributed by atoms with Gasteiger partial charge >= 0.3 is 6.18 Å². The van der Waals surface area contributed by atoms with Gasteiger partial charge in [0.25, 0.3) is 0 Å². The summed E-state index contributed by atoms with van der Waals surface area (Å²) in [6.45, 7) is 2.77. The van der Waals surface area contributed by atoms with Gasteiger partial charge in [-0.05, 0) is 44.7 Å². The van der Waals surface area contributed by atoms with Crippen LogP contribution in [0, 0.1) is 5.92 Å². The molecule has 214 valence electrons. The lowest BCUT2D eigenvalue weighted by Gasteiger charge is -2.30. The quantitative estimate of drug-likeness (QED) is 0.263. The van der Waals surface area contributed by atoms with E-state index in [1.165, 1.54) is 12.1 Å². The van der Waals surface area contributed by atoms with Gasteiger partial charge < -0.3 is 20.3 Å². The second kappa shape index (κ2) is 11.8.